The van der Waals surface area contributed by atoms with Gasteiger partial charge in [0.1, 0.15) is 11.2 Å². The van der Waals surface area contributed by atoms with Crippen LogP contribution in [0.5, 0.6) is 0 Å². The summed E-state index contributed by atoms with van der Waals surface area (Å²) in [6.07, 6.45) is 0. The molecule has 0 fully saturated rings. The lowest BCUT2D eigenvalue weighted by Crippen LogP contribution is -1.90. The van der Waals surface area contributed by atoms with Crippen LogP contribution in [-0.4, -0.2) is 0 Å². The molecule has 0 aliphatic heterocycles. The normalized spacial score (nSPS) is 11.8. The van der Waals surface area contributed by atoms with E-state index in [0.29, 0.717) is 0 Å². The van der Waals surface area contributed by atoms with Gasteiger partial charge in [-0.15, -0.1) is 0 Å². The van der Waals surface area contributed by atoms with Crippen LogP contribution in [0.2, 0.25) is 0 Å². The third-order valence-corrected chi connectivity index (χ3v) is 9.22. The van der Waals surface area contributed by atoms with E-state index in [1.54, 1.807) is 0 Å². The van der Waals surface area contributed by atoms with E-state index >= 15 is 0 Å². The Bertz CT molecular complexity index is 2170. The van der Waals surface area contributed by atoms with E-state index in [9.17, 15) is 0 Å². The molecule has 1 heterocycles. The molecule has 0 aliphatic carbocycles. The van der Waals surface area contributed by atoms with E-state index in [4.69, 9.17) is 4.42 Å². The second kappa shape index (κ2) is 8.69. The number of aryl methyl sites for hydroxylation is 1. The third-order valence-electron chi connectivity index (χ3n) is 8.10. The van der Waals surface area contributed by atoms with Crippen LogP contribution < -0.4 is 0 Å². The van der Waals surface area contributed by atoms with Crippen LogP contribution in [0.4, 0.5) is 0 Å². The fourth-order valence-corrected chi connectivity index (χ4v) is 7.39. The van der Waals surface area contributed by atoms with Crippen LogP contribution in [0.15, 0.2) is 126 Å². The zero-order chi connectivity index (χ0) is 26.1. The van der Waals surface area contributed by atoms with E-state index in [1.807, 2.05) is 0 Å². The molecule has 184 valence electrons. The van der Waals surface area contributed by atoms with E-state index in [0.717, 1.165) is 22.1 Å². The lowest BCUT2D eigenvalue weighted by molar-refractivity contribution is 0.670. The summed E-state index contributed by atoms with van der Waals surface area (Å²) >= 11 is 2.50. The van der Waals surface area contributed by atoms with Gasteiger partial charge in [0.15, 0.2) is 0 Å². The van der Waals surface area contributed by atoms with Gasteiger partial charge in [-0.2, -0.15) is 0 Å². The highest BCUT2D eigenvalue weighted by atomic mass is 127. The molecule has 39 heavy (non-hydrogen) atoms. The van der Waals surface area contributed by atoms with Crippen LogP contribution in [0, 0.1) is 10.5 Å². The Morgan fingerprint density at radius 2 is 1.05 bits per heavy atom. The molecular formula is C37H23IO. The molecule has 0 bridgehead atoms. The first-order valence-electron chi connectivity index (χ1n) is 13.2. The maximum Gasteiger partial charge on any atom is 0.144 e. The van der Waals surface area contributed by atoms with Crippen molar-refractivity contribution in [3.05, 3.63) is 130 Å². The maximum atomic E-state index is 6.87. The summed E-state index contributed by atoms with van der Waals surface area (Å²) in [6, 6.07) is 43.5. The molecule has 8 rings (SSSR count). The monoisotopic (exact) mass is 610 g/mol. The molecule has 0 atom stereocenters. The first kappa shape index (κ1) is 22.8. The molecule has 7 aromatic carbocycles. The fourth-order valence-electron chi connectivity index (χ4n) is 6.36. The first-order chi connectivity index (χ1) is 19.2. The highest BCUT2D eigenvalue weighted by Crippen LogP contribution is 2.47. The summed E-state index contributed by atoms with van der Waals surface area (Å²) in [6.45, 7) is 2.25. The molecule has 8 aromatic rings. The van der Waals surface area contributed by atoms with Crippen molar-refractivity contribution in [3.63, 3.8) is 0 Å². The average molecular weight is 610 g/mol. The van der Waals surface area contributed by atoms with Gasteiger partial charge in [0.05, 0.1) is 0 Å². The zero-order valence-corrected chi connectivity index (χ0v) is 23.5. The molecule has 0 N–H and O–H groups in total. The van der Waals surface area contributed by atoms with E-state index in [-0.39, 0.29) is 0 Å². The number of hydrogen-bond donors (Lipinski definition) is 0. The van der Waals surface area contributed by atoms with Crippen LogP contribution >= 0.6 is 22.6 Å². The predicted molar refractivity (Wildman–Crippen MR) is 175 cm³/mol. The highest BCUT2D eigenvalue weighted by molar-refractivity contribution is 14.1. The number of benzene rings is 7. The number of furan rings is 1. The number of hydrogen-bond acceptors (Lipinski definition) is 1. The van der Waals surface area contributed by atoms with E-state index < -0.39 is 0 Å². The van der Waals surface area contributed by atoms with Gasteiger partial charge in [-0.05, 0) is 96.2 Å². The minimum absolute atomic E-state index is 0.925. The number of halogens is 1. The minimum atomic E-state index is 0.925. The van der Waals surface area contributed by atoms with Crippen molar-refractivity contribution in [2.75, 3.05) is 0 Å². The SMILES string of the molecule is Cc1c(-c2ccccc2)c2cc3oc4c(-c5ccccc5)c(I)c5ccccc5c4c3cc2c2ccccc12. The van der Waals surface area contributed by atoms with Crippen LogP contribution in [0.25, 0.3) is 76.5 Å². The van der Waals surface area contributed by atoms with Gasteiger partial charge in [-0.3, -0.25) is 0 Å². The van der Waals surface area contributed by atoms with Gasteiger partial charge >= 0.3 is 0 Å². The van der Waals surface area contributed by atoms with Crippen molar-refractivity contribution in [2.24, 2.45) is 0 Å². The molecule has 0 amide bonds. The van der Waals surface area contributed by atoms with Crippen LogP contribution in [0.3, 0.4) is 0 Å². The minimum Gasteiger partial charge on any atom is -0.455 e. The van der Waals surface area contributed by atoms with Gasteiger partial charge in [-0.1, -0.05) is 109 Å². The van der Waals surface area contributed by atoms with Gasteiger partial charge < -0.3 is 4.42 Å². The van der Waals surface area contributed by atoms with Crippen LogP contribution in [0.1, 0.15) is 5.56 Å². The fraction of sp³-hybridized carbons (Fsp3) is 0.0270. The van der Waals surface area contributed by atoms with Crippen molar-refractivity contribution >= 4 is 76.8 Å². The number of rotatable bonds is 2. The molecule has 0 unspecified atom stereocenters. The summed E-state index contributed by atoms with van der Waals surface area (Å²) < 4.78 is 8.09. The van der Waals surface area contributed by atoms with Crippen molar-refractivity contribution in [2.45, 2.75) is 6.92 Å². The zero-order valence-electron chi connectivity index (χ0n) is 21.3. The molecule has 1 aromatic heterocycles. The number of fused-ring (bicyclic) bond motifs is 8. The molecule has 2 heteroatoms. The second-order valence-corrected chi connectivity index (χ2v) is 11.3. The third kappa shape index (κ3) is 3.31. The van der Waals surface area contributed by atoms with Crippen molar-refractivity contribution in [3.8, 4) is 22.3 Å². The summed E-state index contributed by atoms with van der Waals surface area (Å²) in [5.41, 5.74) is 8.01. The largest absolute Gasteiger partial charge is 0.455 e. The summed E-state index contributed by atoms with van der Waals surface area (Å²) in [7, 11) is 0. The maximum absolute atomic E-state index is 6.87. The standard InChI is InChI=1S/C37H23IO/c1-22-25-16-8-9-17-26(25)29-20-31-32(21-30(29)33(22)23-12-4-2-5-13-23)39-37-34(24-14-6-3-7-15-24)36(38)28-19-11-10-18-27(28)35(31)37/h2-21H,1H3. The Kier molecular flexibility index (Phi) is 5.08. The van der Waals surface area contributed by atoms with Gasteiger partial charge in [-0.25, -0.2) is 0 Å². The smallest absolute Gasteiger partial charge is 0.144 e. The molecule has 0 aliphatic rings. The summed E-state index contributed by atoms with van der Waals surface area (Å²) in [5, 5.41) is 9.89. The predicted octanol–water partition coefficient (Wildman–Crippen LogP) is 11.3. The van der Waals surface area contributed by atoms with Gasteiger partial charge in [0.25, 0.3) is 0 Å². The average Bonchev–Trinajstić information content (AvgIpc) is 3.36. The lowest BCUT2D eigenvalue weighted by Gasteiger charge is -2.15. The second-order valence-electron chi connectivity index (χ2n) is 10.2. The quantitative estimate of drug-likeness (QED) is 0.140. The highest BCUT2D eigenvalue weighted by Gasteiger charge is 2.22. The van der Waals surface area contributed by atoms with E-state index in [1.165, 1.54) is 63.5 Å². The van der Waals surface area contributed by atoms with E-state index in [2.05, 4.69) is 151 Å². The lowest BCUT2D eigenvalue weighted by atomic mass is 9.88. The molecule has 1 nitrogen and oxygen atoms in total. The Morgan fingerprint density at radius 3 is 1.74 bits per heavy atom. The van der Waals surface area contributed by atoms with Crippen LogP contribution in [-0.2, 0) is 0 Å². The molecule has 0 saturated heterocycles. The molecule has 0 spiro atoms. The topological polar surface area (TPSA) is 13.1 Å². The Balaban J connectivity index is 1.62. The van der Waals surface area contributed by atoms with Crippen molar-refractivity contribution < 1.29 is 4.42 Å². The van der Waals surface area contributed by atoms with Crippen molar-refractivity contribution in [1.82, 2.24) is 0 Å². The van der Waals surface area contributed by atoms with Crippen molar-refractivity contribution in [1.29, 1.82) is 0 Å². The summed E-state index contributed by atoms with van der Waals surface area (Å²) in [5.74, 6) is 0. The Labute approximate surface area is 239 Å². The molecule has 0 saturated carbocycles. The van der Waals surface area contributed by atoms with Gasteiger partial charge in [0, 0.05) is 19.9 Å². The first-order valence-corrected chi connectivity index (χ1v) is 14.3. The summed E-state index contributed by atoms with van der Waals surface area (Å²) in [4.78, 5) is 0. The molecular weight excluding hydrogens is 587 g/mol. The molecule has 0 radical (unpaired) electrons. The Morgan fingerprint density at radius 1 is 0.487 bits per heavy atom. The Hall–Kier alpha value is -4.15. The van der Waals surface area contributed by atoms with Gasteiger partial charge in [0.2, 0.25) is 0 Å².